The van der Waals surface area contributed by atoms with Crippen molar-refractivity contribution in [3.8, 4) is 23.7 Å². The highest BCUT2D eigenvalue weighted by atomic mass is 16.2. The molecule has 2 amide bonds. The first kappa shape index (κ1) is 39.9. The van der Waals surface area contributed by atoms with Crippen molar-refractivity contribution in [2.24, 2.45) is 0 Å². The lowest BCUT2D eigenvalue weighted by Crippen LogP contribution is -2.12. The van der Waals surface area contributed by atoms with Gasteiger partial charge in [0.25, 0.3) is 0 Å². The Kier molecular flexibility index (Phi) is 20.4. The fourth-order valence-electron chi connectivity index (χ4n) is 5.58. The highest BCUT2D eigenvalue weighted by Crippen LogP contribution is 2.13. The molecule has 0 fully saturated rings. The smallest absolute Gasteiger partial charge is 0.225 e. The molecule has 0 saturated carbocycles. The van der Waals surface area contributed by atoms with Crippen LogP contribution >= 0.6 is 0 Å². The normalized spacial score (nSPS) is 10.4. The minimum atomic E-state index is -0.0185. The van der Waals surface area contributed by atoms with E-state index < -0.39 is 0 Å². The lowest BCUT2D eigenvalue weighted by molar-refractivity contribution is -0.117. The van der Waals surface area contributed by atoms with E-state index >= 15 is 0 Å². The molecule has 0 aliphatic heterocycles. The lowest BCUT2D eigenvalue weighted by atomic mass is 10.1. The Morgan fingerprint density at radius 1 is 0.440 bits per heavy atom. The quantitative estimate of drug-likeness (QED) is 0.0816. The molecule has 3 rings (SSSR count). The maximum Gasteiger partial charge on any atom is 0.225 e. The van der Waals surface area contributed by atoms with E-state index in [1.165, 1.54) is 89.9 Å². The molecule has 266 valence electrons. The molecular formula is C43H57N5O2. The summed E-state index contributed by atoms with van der Waals surface area (Å²) in [5, 5.41) is 5.80. The van der Waals surface area contributed by atoms with Gasteiger partial charge in [0, 0.05) is 12.8 Å². The fourth-order valence-corrected chi connectivity index (χ4v) is 5.58. The molecule has 7 nitrogen and oxygen atoms in total. The van der Waals surface area contributed by atoms with Crippen LogP contribution in [0.3, 0.4) is 0 Å². The molecular weight excluding hydrogens is 619 g/mol. The highest BCUT2D eigenvalue weighted by molar-refractivity contribution is 5.90. The van der Waals surface area contributed by atoms with E-state index in [4.69, 9.17) is 0 Å². The number of rotatable bonds is 22. The van der Waals surface area contributed by atoms with Gasteiger partial charge in [0.15, 0.2) is 0 Å². The summed E-state index contributed by atoms with van der Waals surface area (Å²) in [6.45, 7) is 4.48. The van der Waals surface area contributed by atoms with Crippen LogP contribution in [0.2, 0.25) is 0 Å². The molecule has 0 aliphatic rings. The Morgan fingerprint density at radius 3 is 1.10 bits per heavy atom. The number of unbranched alkanes of at least 4 members (excludes halogenated alkanes) is 16. The number of carbonyl (C=O) groups excluding carboxylic acids is 2. The Labute approximate surface area is 301 Å². The first-order valence-corrected chi connectivity index (χ1v) is 19.1. The van der Waals surface area contributed by atoms with Crippen molar-refractivity contribution in [2.45, 2.75) is 142 Å². The average Bonchev–Trinajstić information content (AvgIpc) is 3.12. The zero-order valence-electron chi connectivity index (χ0n) is 30.5. The van der Waals surface area contributed by atoms with Gasteiger partial charge in [0.05, 0.1) is 0 Å². The number of nitrogens with zero attached hydrogens (tertiary/aromatic N) is 3. The van der Waals surface area contributed by atoms with Gasteiger partial charge in [0.2, 0.25) is 11.8 Å². The van der Waals surface area contributed by atoms with Crippen LogP contribution in [-0.2, 0) is 9.59 Å². The van der Waals surface area contributed by atoms with Crippen molar-refractivity contribution in [2.75, 3.05) is 10.6 Å². The minimum Gasteiger partial charge on any atom is -0.311 e. The summed E-state index contributed by atoms with van der Waals surface area (Å²) in [7, 11) is 0. The molecule has 0 spiro atoms. The molecule has 0 aliphatic carbocycles. The Hall–Kier alpha value is -4.49. The standard InChI is InChI=1S/C43H57N5O2/c1-3-5-7-9-11-13-15-17-19-30-42(49)47-40-28-22-26-38(45-40)34-32-36-24-21-25-37(44-36)33-35-39-27-23-29-41(46-39)48-43(50)31-20-18-16-14-12-10-8-6-4-2/h21-29H,3-20,30-31H2,1-2H3,(H,45,47,49)(H,46,48,50). The molecule has 0 bridgehead atoms. The van der Waals surface area contributed by atoms with Crippen molar-refractivity contribution < 1.29 is 9.59 Å². The second-order valence-corrected chi connectivity index (χ2v) is 13.0. The van der Waals surface area contributed by atoms with Crippen LogP contribution in [0, 0.1) is 23.7 Å². The van der Waals surface area contributed by atoms with Gasteiger partial charge >= 0.3 is 0 Å². The van der Waals surface area contributed by atoms with E-state index in [9.17, 15) is 9.59 Å². The molecule has 0 aromatic carbocycles. The molecule has 3 aromatic heterocycles. The van der Waals surface area contributed by atoms with Gasteiger partial charge in [0.1, 0.15) is 34.4 Å². The first-order chi connectivity index (χ1) is 24.6. The van der Waals surface area contributed by atoms with Crippen LogP contribution in [0.4, 0.5) is 11.6 Å². The summed E-state index contributed by atoms with van der Waals surface area (Å²) in [4.78, 5) is 38.4. The van der Waals surface area contributed by atoms with Gasteiger partial charge < -0.3 is 10.6 Å². The Balaban J connectivity index is 1.42. The SMILES string of the molecule is CCCCCCCCCCCC(=O)Nc1cccc(C#Cc2cccc(C#Cc3cccc(NC(=O)CCCCCCCCCCC)n3)n2)n1. The Bertz CT molecular complexity index is 1450. The van der Waals surface area contributed by atoms with Crippen molar-refractivity contribution >= 4 is 23.5 Å². The number of hydrogen-bond acceptors (Lipinski definition) is 5. The summed E-state index contributed by atoms with van der Waals surface area (Å²) in [6.07, 6.45) is 23.0. The van der Waals surface area contributed by atoms with Crippen LogP contribution in [0.15, 0.2) is 54.6 Å². The topological polar surface area (TPSA) is 96.9 Å². The van der Waals surface area contributed by atoms with E-state index in [0.717, 1.165) is 25.7 Å². The van der Waals surface area contributed by atoms with E-state index in [1.54, 1.807) is 24.3 Å². The van der Waals surface area contributed by atoms with Crippen molar-refractivity contribution in [1.29, 1.82) is 0 Å². The van der Waals surface area contributed by atoms with E-state index in [2.05, 4.69) is 63.1 Å². The third-order valence-electron chi connectivity index (χ3n) is 8.43. The molecule has 50 heavy (non-hydrogen) atoms. The summed E-state index contributed by atoms with van der Waals surface area (Å²) in [6, 6.07) is 16.3. The first-order valence-electron chi connectivity index (χ1n) is 19.1. The third-order valence-corrected chi connectivity index (χ3v) is 8.43. The zero-order chi connectivity index (χ0) is 35.5. The molecule has 3 heterocycles. The number of hydrogen-bond donors (Lipinski definition) is 2. The summed E-state index contributed by atoms with van der Waals surface area (Å²) in [5.74, 6) is 13.2. The van der Waals surface area contributed by atoms with Gasteiger partial charge in [-0.05, 0) is 72.9 Å². The number of pyridine rings is 3. The monoisotopic (exact) mass is 675 g/mol. The highest BCUT2D eigenvalue weighted by Gasteiger charge is 2.05. The maximum atomic E-state index is 12.4. The van der Waals surface area contributed by atoms with Crippen LogP contribution in [0.25, 0.3) is 0 Å². The van der Waals surface area contributed by atoms with Crippen LogP contribution in [0.1, 0.15) is 165 Å². The second kappa shape index (κ2) is 25.5. The van der Waals surface area contributed by atoms with Crippen LogP contribution in [-0.4, -0.2) is 26.8 Å². The number of carbonyl (C=O) groups is 2. The second-order valence-electron chi connectivity index (χ2n) is 13.0. The summed E-state index contributed by atoms with van der Waals surface area (Å²) >= 11 is 0. The number of amides is 2. The van der Waals surface area contributed by atoms with Gasteiger partial charge in [-0.15, -0.1) is 0 Å². The maximum absolute atomic E-state index is 12.4. The van der Waals surface area contributed by atoms with Crippen LogP contribution in [0.5, 0.6) is 0 Å². The van der Waals surface area contributed by atoms with E-state index in [1.807, 2.05) is 30.3 Å². The van der Waals surface area contributed by atoms with Gasteiger partial charge in [-0.1, -0.05) is 135 Å². The van der Waals surface area contributed by atoms with Crippen LogP contribution < -0.4 is 10.6 Å². The predicted octanol–water partition coefficient (Wildman–Crippen LogP) is 10.4. The molecule has 2 N–H and O–H groups in total. The predicted molar refractivity (Wildman–Crippen MR) is 206 cm³/mol. The van der Waals surface area contributed by atoms with Crippen molar-refractivity contribution in [3.05, 3.63) is 77.4 Å². The molecule has 3 aromatic rings. The van der Waals surface area contributed by atoms with Gasteiger partial charge in [-0.25, -0.2) is 15.0 Å². The fraction of sp³-hybridized carbons (Fsp3) is 0.512. The summed E-state index contributed by atoms with van der Waals surface area (Å²) < 4.78 is 0. The number of nitrogens with one attached hydrogen (secondary N) is 2. The van der Waals surface area contributed by atoms with Crippen molar-refractivity contribution in [3.63, 3.8) is 0 Å². The molecule has 0 radical (unpaired) electrons. The molecule has 7 heteroatoms. The average molecular weight is 676 g/mol. The Morgan fingerprint density at radius 2 is 0.740 bits per heavy atom. The third kappa shape index (κ3) is 18.3. The van der Waals surface area contributed by atoms with Crippen molar-refractivity contribution in [1.82, 2.24) is 15.0 Å². The number of aromatic nitrogens is 3. The molecule has 0 saturated heterocycles. The van der Waals surface area contributed by atoms with E-state index in [-0.39, 0.29) is 11.8 Å². The largest absolute Gasteiger partial charge is 0.311 e. The summed E-state index contributed by atoms with van der Waals surface area (Å²) in [5.41, 5.74) is 2.21. The zero-order valence-corrected chi connectivity index (χ0v) is 30.5. The van der Waals surface area contributed by atoms with E-state index in [0.29, 0.717) is 47.3 Å². The number of anilines is 2. The van der Waals surface area contributed by atoms with Gasteiger partial charge in [-0.3, -0.25) is 9.59 Å². The molecule has 0 atom stereocenters. The minimum absolute atomic E-state index is 0.0185. The molecule has 0 unspecified atom stereocenters. The lowest BCUT2D eigenvalue weighted by Gasteiger charge is -2.05. The van der Waals surface area contributed by atoms with Gasteiger partial charge in [-0.2, -0.15) is 0 Å².